The van der Waals surface area contributed by atoms with Crippen LogP contribution < -0.4 is 10.6 Å². The first-order chi connectivity index (χ1) is 12.9. The van der Waals surface area contributed by atoms with E-state index >= 15 is 0 Å². The molecule has 3 N–H and O–H groups in total. The van der Waals surface area contributed by atoms with E-state index in [1.54, 1.807) is 43.3 Å². The van der Waals surface area contributed by atoms with Crippen LogP contribution in [0.5, 0.6) is 0 Å². The van der Waals surface area contributed by atoms with Gasteiger partial charge in [0.15, 0.2) is 0 Å². The summed E-state index contributed by atoms with van der Waals surface area (Å²) in [7, 11) is 0. The number of aryl methyl sites for hydroxylation is 1. The van der Waals surface area contributed by atoms with Crippen LogP contribution in [0.4, 0.5) is 10.1 Å². The largest absolute Gasteiger partial charge is 0.478 e. The lowest BCUT2D eigenvalue weighted by Gasteiger charge is -2.35. The zero-order valence-electron chi connectivity index (χ0n) is 15.7. The lowest BCUT2D eigenvalue weighted by Crippen LogP contribution is -2.50. The summed E-state index contributed by atoms with van der Waals surface area (Å²) in [6.45, 7) is 7.47. The van der Waals surface area contributed by atoms with E-state index in [1.165, 1.54) is 0 Å². The number of benzene rings is 2. The van der Waals surface area contributed by atoms with E-state index in [1.807, 2.05) is 6.07 Å². The molecule has 0 spiro atoms. The molecule has 0 aliphatic carbocycles. The third kappa shape index (κ3) is 5.05. The molecule has 1 heterocycles. The van der Waals surface area contributed by atoms with Gasteiger partial charge in [0, 0.05) is 37.9 Å². The molecule has 144 valence electrons. The maximum Gasteiger partial charge on any atom is 0.335 e. The molecule has 27 heavy (non-hydrogen) atoms. The van der Waals surface area contributed by atoms with Crippen molar-refractivity contribution in [2.45, 2.75) is 25.9 Å². The predicted octanol–water partition coefficient (Wildman–Crippen LogP) is 3.28. The molecular formula is C21H26FN3O2. The maximum absolute atomic E-state index is 14.1. The number of halogens is 1. The van der Waals surface area contributed by atoms with Crippen molar-refractivity contribution < 1.29 is 14.3 Å². The fourth-order valence-corrected chi connectivity index (χ4v) is 3.41. The molecule has 3 rings (SSSR count). The summed E-state index contributed by atoms with van der Waals surface area (Å²) in [4.78, 5) is 13.4. The lowest BCUT2D eigenvalue weighted by molar-refractivity contribution is 0.0697. The first-order valence-corrected chi connectivity index (χ1v) is 9.24. The minimum Gasteiger partial charge on any atom is -0.478 e. The van der Waals surface area contributed by atoms with Crippen molar-refractivity contribution in [2.75, 3.05) is 31.5 Å². The van der Waals surface area contributed by atoms with Crippen LogP contribution in [-0.2, 0) is 0 Å². The fraction of sp³-hybridized carbons (Fsp3) is 0.381. The maximum atomic E-state index is 14.1. The van der Waals surface area contributed by atoms with Crippen molar-refractivity contribution in [3.05, 3.63) is 65.0 Å². The molecule has 0 bridgehead atoms. The van der Waals surface area contributed by atoms with Crippen molar-refractivity contribution in [3.8, 4) is 0 Å². The molecule has 1 unspecified atom stereocenters. The fourth-order valence-electron chi connectivity index (χ4n) is 3.41. The standard InChI is InChI=1S/C21H26FN3O2/c1-14-3-4-17(11-19(14)22)20(13-25-10-9-23-15(2)12-25)24-18-7-5-16(6-8-18)21(26)27/h3-8,11,15,20,23-24H,9-10,12-13H2,1-2H3,(H,26,27)/t15-,20?/m1/s1. The first-order valence-electron chi connectivity index (χ1n) is 9.24. The van der Waals surface area contributed by atoms with Crippen molar-refractivity contribution in [1.29, 1.82) is 0 Å². The quantitative estimate of drug-likeness (QED) is 0.727. The average Bonchev–Trinajstić information content (AvgIpc) is 2.64. The summed E-state index contributed by atoms with van der Waals surface area (Å²) in [5, 5.41) is 15.9. The molecule has 0 aromatic heterocycles. The second-order valence-electron chi connectivity index (χ2n) is 7.20. The number of hydrogen-bond donors (Lipinski definition) is 3. The molecule has 1 aliphatic rings. The number of hydrogen-bond acceptors (Lipinski definition) is 4. The summed E-state index contributed by atoms with van der Waals surface area (Å²) < 4.78 is 14.1. The van der Waals surface area contributed by atoms with Gasteiger partial charge in [-0.05, 0) is 55.3 Å². The van der Waals surface area contributed by atoms with Crippen molar-refractivity contribution in [2.24, 2.45) is 0 Å². The Labute approximate surface area is 159 Å². The normalized spacial score (nSPS) is 18.9. The van der Waals surface area contributed by atoms with Crippen LogP contribution >= 0.6 is 0 Å². The highest BCUT2D eigenvalue weighted by Crippen LogP contribution is 2.24. The average molecular weight is 371 g/mol. The van der Waals surface area contributed by atoms with E-state index in [2.05, 4.69) is 22.5 Å². The number of carboxylic acids is 1. The van der Waals surface area contributed by atoms with Gasteiger partial charge in [0.25, 0.3) is 0 Å². The Balaban J connectivity index is 1.81. The van der Waals surface area contributed by atoms with E-state index in [4.69, 9.17) is 5.11 Å². The smallest absolute Gasteiger partial charge is 0.335 e. The Kier molecular flexibility index (Phi) is 6.08. The molecule has 0 radical (unpaired) electrons. The van der Waals surface area contributed by atoms with Gasteiger partial charge in [0.2, 0.25) is 0 Å². The lowest BCUT2D eigenvalue weighted by atomic mass is 10.0. The first kappa shape index (κ1) is 19.3. The number of aromatic carboxylic acids is 1. The van der Waals surface area contributed by atoms with Crippen LogP contribution in [0.25, 0.3) is 0 Å². The number of nitrogens with zero attached hydrogens (tertiary/aromatic N) is 1. The summed E-state index contributed by atoms with van der Waals surface area (Å²) in [6.07, 6.45) is 0. The van der Waals surface area contributed by atoms with Crippen LogP contribution in [0, 0.1) is 12.7 Å². The van der Waals surface area contributed by atoms with Gasteiger partial charge in [-0.1, -0.05) is 12.1 Å². The van der Waals surface area contributed by atoms with Crippen molar-refractivity contribution >= 4 is 11.7 Å². The molecule has 2 aromatic carbocycles. The molecule has 0 amide bonds. The van der Waals surface area contributed by atoms with Gasteiger partial charge >= 0.3 is 5.97 Å². The van der Waals surface area contributed by atoms with Crippen LogP contribution in [0.1, 0.15) is 34.5 Å². The zero-order chi connectivity index (χ0) is 19.4. The van der Waals surface area contributed by atoms with Gasteiger partial charge in [-0.25, -0.2) is 9.18 Å². The minimum absolute atomic E-state index is 0.0962. The molecule has 2 atom stereocenters. The minimum atomic E-state index is -0.950. The van der Waals surface area contributed by atoms with Crippen molar-refractivity contribution in [1.82, 2.24) is 10.2 Å². The van der Waals surface area contributed by atoms with Gasteiger partial charge < -0.3 is 15.7 Å². The molecule has 1 aliphatic heterocycles. The highest BCUT2D eigenvalue weighted by Gasteiger charge is 2.21. The Morgan fingerprint density at radius 1 is 1.33 bits per heavy atom. The van der Waals surface area contributed by atoms with Crippen LogP contribution in [0.3, 0.4) is 0 Å². The second kappa shape index (κ2) is 8.50. The number of anilines is 1. The van der Waals surface area contributed by atoms with E-state index < -0.39 is 5.97 Å². The summed E-state index contributed by atoms with van der Waals surface area (Å²) >= 11 is 0. The molecule has 2 aromatic rings. The van der Waals surface area contributed by atoms with Gasteiger partial charge in [-0.2, -0.15) is 0 Å². The third-order valence-electron chi connectivity index (χ3n) is 4.96. The zero-order valence-corrected chi connectivity index (χ0v) is 15.7. The van der Waals surface area contributed by atoms with Crippen LogP contribution in [-0.4, -0.2) is 48.2 Å². The summed E-state index contributed by atoms with van der Waals surface area (Å²) in [6, 6.07) is 12.3. The Morgan fingerprint density at radius 2 is 2.07 bits per heavy atom. The number of nitrogens with one attached hydrogen (secondary N) is 2. The number of carbonyl (C=O) groups is 1. The monoisotopic (exact) mass is 371 g/mol. The summed E-state index contributed by atoms with van der Waals surface area (Å²) in [5.74, 6) is -1.16. The molecule has 6 heteroatoms. The van der Waals surface area contributed by atoms with Gasteiger partial charge in [-0.3, -0.25) is 4.90 Å². The SMILES string of the molecule is Cc1ccc(C(CN2CCN[C@H](C)C2)Nc2ccc(C(=O)O)cc2)cc1F. The van der Waals surface area contributed by atoms with Crippen LogP contribution in [0.15, 0.2) is 42.5 Å². The number of rotatable bonds is 6. The highest BCUT2D eigenvalue weighted by molar-refractivity contribution is 5.88. The Bertz CT molecular complexity index is 795. The van der Waals surface area contributed by atoms with E-state index in [-0.39, 0.29) is 17.4 Å². The molecule has 5 nitrogen and oxygen atoms in total. The third-order valence-corrected chi connectivity index (χ3v) is 4.96. The summed E-state index contributed by atoms with van der Waals surface area (Å²) in [5.41, 5.74) is 2.56. The number of piperazine rings is 1. The van der Waals surface area contributed by atoms with Gasteiger partial charge in [0.1, 0.15) is 5.82 Å². The van der Waals surface area contributed by atoms with E-state index in [0.717, 1.165) is 37.4 Å². The second-order valence-corrected chi connectivity index (χ2v) is 7.20. The van der Waals surface area contributed by atoms with Crippen molar-refractivity contribution in [3.63, 3.8) is 0 Å². The van der Waals surface area contributed by atoms with Gasteiger partial charge in [0.05, 0.1) is 11.6 Å². The predicted molar refractivity (Wildman–Crippen MR) is 105 cm³/mol. The molecular weight excluding hydrogens is 345 g/mol. The Morgan fingerprint density at radius 3 is 2.70 bits per heavy atom. The van der Waals surface area contributed by atoms with Gasteiger partial charge in [-0.15, -0.1) is 0 Å². The molecule has 0 saturated carbocycles. The van der Waals surface area contributed by atoms with Crippen LogP contribution in [0.2, 0.25) is 0 Å². The topological polar surface area (TPSA) is 64.6 Å². The molecule has 1 saturated heterocycles. The number of carboxylic acid groups (broad SMARTS) is 1. The Hall–Kier alpha value is -2.44. The van der Waals surface area contributed by atoms with E-state index in [9.17, 15) is 9.18 Å². The molecule has 1 fully saturated rings. The highest BCUT2D eigenvalue weighted by atomic mass is 19.1. The van der Waals surface area contributed by atoms with E-state index in [0.29, 0.717) is 11.6 Å².